The lowest BCUT2D eigenvalue weighted by Gasteiger charge is -2.34. The van der Waals surface area contributed by atoms with Crippen LogP contribution in [0.3, 0.4) is 0 Å². The van der Waals surface area contributed by atoms with Crippen LogP contribution >= 0.6 is 11.6 Å². The highest BCUT2D eigenvalue weighted by Crippen LogP contribution is 2.27. The smallest absolute Gasteiger partial charge is 0.264 e. The molecule has 0 unspecified atom stereocenters. The Kier molecular flexibility index (Phi) is 10.2. The van der Waals surface area contributed by atoms with Crippen LogP contribution in [0.25, 0.3) is 0 Å². The van der Waals surface area contributed by atoms with E-state index < -0.39 is 28.5 Å². The summed E-state index contributed by atoms with van der Waals surface area (Å²) in [5.41, 5.74) is 2.76. The molecule has 3 aromatic carbocycles. The Bertz CT molecular complexity index is 1390. The second kappa shape index (κ2) is 13.1. The van der Waals surface area contributed by atoms with Crippen LogP contribution in [-0.4, -0.2) is 43.8 Å². The van der Waals surface area contributed by atoms with E-state index in [1.54, 1.807) is 54.6 Å². The van der Waals surface area contributed by atoms with Gasteiger partial charge in [0.2, 0.25) is 11.8 Å². The maximum absolute atomic E-state index is 14.1. The summed E-state index contributed by atoms with van der Waals surface area (Å²) in [6.45, 7) is 8.82. The third-order valence-corrected chi connectivity index (χ3v) is 8.38. The number of nitrogens with zero attached hydrogens (tertiary/aromatic N) is 2. The van der Waals surface area contributed by atoms with E-state index in [0.29, 0.717) is 22.7 Å². The summed E-state index contributed by atoms with van der Waals surface area (Å²) < 4.78 is 28.9. The number of carbonyl (C=O) groups is 2. The Labute approximate surface area is 236 Å². The summed E-state index contributed by atoms with van der Waals surface area (Å²) in [5.74, 6) is -0.823. The molecule has 0 aliphatic carbocycles. The Morgan fingerprint density at radius 3 is 2.08 bits per heavy atom. The van der Waals surface area contributed by atoms with E-state index in [9.17, 15) is 18.0 Å². The van der Waals surface area contributed by atoms with Crippen LogP contribution in [0.5, 0.6) is 0 Å². The Balaban J connectivity index is 2.10. The van der Waals surface area contributed by atoms with Crippen molar-refractivity contribution in [2.45, 2.75) is 64.6 Å². The Morgan fingerprint density at radius 2 is 1.51 bits per heavy atom. The fourth-order valence-corrected chi connectivity index (χ4v) is 6.07. The van der Waals surface area contributed by atoms with Crippen LogP contribution in [0.2, 0.25) is 5.02 Å². The summed E-state index contributed by atoms with van der Waals surface area (Å²) in [4.78, 5) is 28.8. The number of hydrogen-bond donors (Lipinski definition) is 1. The first-order chi connectivity index (χ1) is 18.4. The number of anilines is 1. The van der Waals surface area contributed by atoms with E-state index in [1.165, 1.54) is 17.0 Å². The number of nitrogens with one attached hydrogen (secondary N) is 1. The summed E-state index contributed by atoms with van der Waals surface area (Å²) in [6, 6.07) is 19.6. The second-order valence-electron chi connectivity index (χ2n) is 9.87. The van der Waals surface area contributed by atoms with E-state index in [2.05, 4.69) is 5.32 Å². The zero-order valence-electron chi connectivity index (χ0n) is 23.0. The molecule has 7 nitrogen and oxygen atoms in total. The summed E-state index contributed by atoms with van der Waals surface area (Å²) >= 11 is 6.43. The predicted molar refractivity (Wildman–Crippen MR) is 156 cm³/mol. The van der Waals surface area contributed by atoms with Gasteiger partial charge in [-0.3, -0.25) is 13.9 Å². The predicted octanol–water partition coefficient (Wildman–Crippen LogP) is 5.48. The first-order valence-corrected chi connectivity index (χ1v) is 14.7. The van der Waals surface area contributed by atoms with Crippen LogP contribution in [0.4, 0.5) is 5.69 Å². The molecule has 1 N–H and O–H groups in total. The molecular formula is C30H36ClN3O4S. The summed E-state index contributed by atoms with van der Waals surface area (Å²) in [6.07, 6.45) is 0.337. The van der Waals surface area contributed by atoms with Crippen molar-refractivity contribution >= 4 is 39.1 Å². The third-order valence-electron chi connectivity index (χ3n) is 6.22. The number of aryl methyl sites for hydroxylation is 2. The van der Waals surface area contributed by atoms with Crippen molar-refractivity contribution in [3.8, 4) is 0 Å². The fourth-order valence-electron chi connectivity index (χ4n) is 4.45. The van der Waals surface area contributed by atoms with Gasteiger partial charge in [-0.15, -0.1) is 0 Å². The van der Waals surface area contributed by atoms with Crippen LogP contribution < -0.4 is 9.62 Å². The number of halogens is 1. The quantitative estimate of drug-likeness (QED) is 0.331. The van der Waals surface area contributed by atoms with Crippen molar-refractivity contribution in [3.05, 3.63) is 94.5 Å². The van der Waals surface area contributed by atoms with Crippen molar-refractivity contribution in [3.63, 3.8) is 0 Å². The maximum Gasteiger partial charge on any atom is 0.264 e. The molecule has 0 aliphatic rings. The van der Waals surface area contributed by atoms with Gasteiger partial charge in [-0.1, -0.05) is 61.0 Å². The van der Waals surface area contributed by atoms with E-state index in [0.717, 1.165) is 15.4 Å². The summed E-state index contributed by atoms with van der Waals surface area (Å²) in [7, 11) is -4.11. The molecule has 3 rings (SSSR count). The molecule has 0 radical (unpaired) electrons. The maximum atomic E-state index is 14.1. The molecule has 3 aromatic rings. The van der Waals surface area contributed by atoms with Gasteiger partial charge in [0.15, 0.2) is 0 Å². The molecule has 0 spiro atoms. The highest BCUT2D eigenvalue weighted by atomic mass is 35.5. The van der Waals surface area contributed by atoms with E-state index >= 15 is 0 Å². The molecule has 0 saturated carbocycles. The van der Waals surface area contributed by atoms with Gasteiger partial charge in [0, 0.05) is 17.6 Å². The van der Waals surface area contributed by atoms with Gasteiger partial charge in [0.1, 0.15) is 12.6 Å². The Morgan fingerprint density at radius 1 is 0.923 bits per heavy atom. The second-order valence-corrected chi connectivity index (χ2v) is 12.1. The van der Waals surface area contributed by atoms with Crippen LogP contribution in [0.15, 0.2) is 77.7 Å². The van der Waals surface area contributed by atoms with Gasteiger partial charge in [0.05, 0.1) is 10.6 Å². The van der Waals surface area contributed by atoms with Crippen LogP contribution in [-0.2, 0) is 26.2 Å². The van der Waals surface area contributed by atoms with Crippen molar-refractivity contribution < 1.29 is 18.0 Å². The summed E-state index contributed by atoms with van der Waals surface area (Å²) in [5, 5.41) is 3.34. The topological polar surface area (TPSA) is 86.8 Å². The lowest BCUT2D eigenvalue weighted by molar-refractivity contribution is -0.140. The Hall–Kier alpha value is -3.36. The highest BCUT2D eigenvalue weighted by Gasteiger charge is 2.34. The van der Waals surface area contributed by atoms with Crippen molar-refractivity contribution in [1.82, 2.24) is 10.2 Å². The number of hydrogen-bond acceptors (Lipinski definition) is 4. The van der Waals surface area contributed by atoms with Gasteiger partial charge >= 0.3 is 0 Å². The zero-order valence-corrected chi connectivity index (χ0v) is 24.6. The fraction of sp³-hybridized carbons (Fsp3) is 0.333. The van der Waals surface area contributed by atoms with Crippen molar-refractivity contribution in [2.75, 3.05) is 10.8 Å². The molecule has 0 heterocycles. The standard InChI is InChI=1S/C30H36ClN3O4S/c1-6-28(30(36)32-21(2)3)33(19-24-12-10-11-15-27(24)31)29(35)20-34(25-17-22(4)16-23(5)18-25)39(37,38)26-13-8-7-9-14-26/h7-18,21,28H,6,19-20H2,1-5H3,(H,32,36)/t28-/m1/s1. The number of rotatable bonds is 11. The average Bonchev–Trinajstić information content (AvgIpc) is 2.87. The minimum absolute atomic E-state index is 0.0502. The first-order valence-electron chi connectivity index (χ1n) is 12.9. The first kappa shape index (κ1) is 30.2. The molecule has 0 aromatic heterocycles. The molecule has 0 bridgehead atoms. The lowest BCUT2D eigenvalue weighted by atomic mass is 10.1. The van der Waals surface area contributed by atoms with Crippen molar-refractivity contribution in [1.29, 1.82) is 0 Å². The minimum Gasteiger partial charge on any atom is -0.352 e. The highest BCUT2D eigenvalue weighted by molar-refractivity contribution is 7.92. The number of amides is 2. The number of benzene rings is 3. The lowest BCUT2D eigenvalue weighted by Crippen LogP contribution is -2.53. The van der Waals surface area contributed by atoms with Gasteiger partial charge in [-0.25, -0.2) is 8.42 Å². The SMILES string of the molecule is CC[C@H](C(=O)NC(C)C)N(Cc1ccccc1Cl)C(=O)CN(c1cc(C)cc(C)c1)S(=O)(=O)c1ccccc1. The molecule has 1 atom stereocenters. The molecular weight excluding hydrogens is 534 g/mol. The molecule has 39 heavy (non-hydrogen) atoms. The average molecular weight is 570 g/mol. The largest absolute Gasteiger partial charge is 0.352 e. The third kappa shape index (κ3) is 7.61. The van der Waals surface area contributed by atoms with E-state index in [-0.39, 0.29) is 23.4 Å². The molecule has 208 valence electrons. The van der Waals surface area contributed by atoms with Gasteiger partial charge < -0.3 is 10.2 Å². The van der Waals surface area contributed by atoms with E-state index in [1.807, 2.05) is 40.7 Å². The van der Waals surface area contributed by atoms with Gasteiger partial charge in [-0.05, 0) is 81.1 Å². The van der Waals surface area contributed by atoms with Crippen LogP contribution in [0.1, 0.15) is 43.9 Å². The zero-order chi connectivity index (χ0) is 28.7. The number of sulfonamides is 1. The van der Waals surface area contributed by atoms with Gasteiger partial charge in [0.25, 0.3) is 10.0 Å². The molecule has 0 saturated heterocycles. The van der Waals surface area contributed by atoms with E-state index in [4.69, 9.17) is 11.6 Å². The molecule has 0 fully saturated rings. The van der Waals surface area contributed by atoms with Crippen molar-refractivity contribution in [2.24, 2.45) is 0 Å². The molecule has 0 aliphatic heterocycles. The normalized spacial score (nSPS) is 12.2. The van der Waals surface area contributed by atoms with Crippen LogP contribution in [0, 0.1) is 13.8 Å². The minimum atomic E-state index is -4.11. The molecule has 2 amide bonds. The van der Waals surface area contributed by atoms with Gasteiger partial charge in [-0.2, -0.15) is 0 Å². The number of carbonyl (C=O) groups excluding carboxylic acids is 2. The molecule has 9 heteroatoms. The monoisotopic (exact) mass is 569 g/mol.